The predicted molar refractivity (Wildman–Crippen MR) is 121 cm³/mol. The maximum absolute atomic E-state index is 13.0. The van der Waals surface area contributed by atoms with E-state index < -0.39 is 0 Å². The Morgan fingerprint density at radius 3 is 2.77 bits per heavy atom. The SMILES string of the molecule is CCc1ccccc1NC(=O)C[NH+]1CCN(C(=O)c2cc3c(s2)CC[C@@H](C)C3)CC1. The number of amides is 2. The Morgan fingerprint density at radius 1 is 1.23 bits per heavy atom. The van der Waals surface area contributed by atoms with Crippen molar-refractivity contribution in [3.8, 4) is 0 Å². The standard InChI is InChI=1S/C24H31N3O2S/c1-3-18-6-4-5-7-20(18)25-23(28)16-26-10-12-27(13-11-26)24(29)22-15-19-14-17(2)8-9-21(19)30-22/h4-7,15,17H,3,8-14,16H2,1-2H3,(H,25,28)/p+1/t17-/m1/s1. The molecule has 0 bridgehead atoms. The van der Waals surface area contributed by atoms with E-state index in [2.05, 4.69) is 31.3 Å². The first-order valence-electron chi connectivity index (χ1n) is 11.2. The zero-order valence-electron chi connectivity index (χ0n) is 18.0. The number of para-hydroxylation sites is 1. The number of rotatable bonds is 5. The summed E-state index contributed by atoms with van der Waals surface area (Å²) in [6.45, 7) is 7.90. The fraction of sp³-hybridized carbons (Fsp3) is 0.500. The maximum Gasteiger partial charge on any atom is 0.279 e. The van der Waals surface area contributed by atoms with Crippen LogP contribution in [-0.2, 0) is 24.1 Å². The Balaban J connectivity index is 1.28. The van der Waals surface area contributed by atoms with Gasteiger partial charge in [-0.15, -0.1) is 11.3 Å². The number of hydrogen-bond donors (Lipinski definition) is 2. The number of thiophene rings is 1. The summed E-state index contributed by atoms with van der Waals surface area (Å²) in [7, 11) is 0. The fourth-order valence-electron chi connectivity index (χ4n) is 4.54. The van der Waals surface area contributed by atoms with Gasteiger partial charge in [-0.2, -0.15) is 0 Å². The lowest BCUT2D eigenvalue weighted by Crippen LogP contribution is -3.15. The summed E-state index contributed by atoms with van der Waals surface area (Å²) in [4.78, 5) is 31.0. The Morgan fingerprint density at radius 2 is 2.00 bits per heavy atom. The zero-order chi connectivity index (χ0) is 21.1. The first-order valence-corrected chi connectivity index (χ1v) is 12.0. The molecule has 1 aliphatic heterocycles. The lowest BCUT2D eigenvalue weighted by Gasteiger charge is -2.31. The van der Waals surface area contributed by atoms with E-state index in [1.54, 1.807) is 11.3 Å². The second kappa shape index (κ2) is 9.31. The first kappa shape index (κ1) is 21.1. The summed E-state index contributed by atoms with van der Waals surface area (Å²) in [5.74, 6) is 0.936. The van der Waals surface area contributed by atoms with Crippen LogP contribution in [0, 0.1) is 5.92 Å². The van der Waals surface area contributed by atoms with E-state index in [9.17, 15) is 9.59 Å². The molecule has 0 radical (unpaired) electrons. The number of anilines is 1. The third-order valence-electron chi connectivity index (χ3n) is 6.38. The molecule has 0 saturated carbocycles. The van der Waals surface area contributed by atoms with Gasteiger partial charge in [0.2, 0.25) is 0 Å². The summed E-state index contributed by atoms with van der Waals surface area (Å²) < 4.78 is 0. The van der Waals surface area contributed by atoms with Gasteiger partial charge in [-0.05, 0) is 54.9 Å². The lowest BCUT2D eigenvalue weighted by atomic mass is 9.90. The van der Waals surface area contributed by atoms with E-state index in [1.165, 1.54) is 21.8 Å². The van der Waals surface area contributed by atoms with Gasteiger partial charge in [0.05, 0.1) is 31.1 Å². The normalized spacial score (nSPS) is 19.4. The number of nitrogens with zero attached hydrogens (tertiary/aromatic N) is 1. The Labute approximate surface area is 183 Å². The summed E-state index contributed by atoms with van der Waals surface area (Å²) >= 11 is 1.69. The molecule has 160 valence electrons. The van der Waals surface area contributed by atoms with Crippen molar-refractivity contribution in [2.75, 3.05) is 38.0 Å². The molecule has 1 aromatic heterocycles. The molecular weight excluding hydrogens is 394 g/mol. The molecule has 1 aliphatic carbocycles. The zero-order valence-corrected chi connectivity index (χ0v) is 18.8. The lowest BCUT2D eigenvalue weighted by molar-refractivity contribution is -0.895. The number of carbonyl (C=O) groups is 2. The molecule has 5 nitrogen and oxygen atoms in total. The molecule has 2 aromatic rings. The quantitative estimate of drug-likeness (QED) is 0.772. The molecule has 6 heteroatoms. The molecule has 0 spiro atoms. The van der Waals surface area contributed by atoms with Crippen molar-refractivity contribution in [3.63, 3.8) is 0 Å². The van der Waals surface area contributed by atoms with E-state index in [0.29, 0.717) is 19.6 Å². The summed E-state index contributed by atoms with van der Waals surface area (Å²) in [5, 5.41) is 3.06. The van der Waals surface area contributed by atoms with E-state index in [0.717, 1.165) is 54.4 Å². The van der Waals surface area contributed by atoms with E-state index in [1.807, 2.05) is 23.1 Å². The van der Waals surface area contributed by atoms with Gasteiger partial charge >= 0.3 is 0 Å². The van der Waals surface area contributed by atoms with Gasteiger partial charge in [0.25, 0.3) is 11.8 Å². The van der Waals surface area contributed by atoms with Crippen molar-refractivity contribution in [2.24, 2.45) is 5.92 Å². The average molecular weight is 427 g/mol. The molecule has 0 unspecified atom stereocenters. The molecule has 2 heterocycles. The molecule has 1 atom stereocenters. The predicted octanol–water partition coefficient (Wildman–Crippen LogP) is 2.41. The number of hydrogen-bond acceptors (Lipinski definition) is 3. The topological polar surface area (TPSA) is 53.9 Å². The summed E-state index contributed by atoms with van der Waals surface area (Å²) in [5.41, 5.74) is 3.45. The highest BCUT2D eigenvalue weighted by Gasteiger charge is 2.28. The molecular formula is C24H32N3O2S+. The summed E-state index contributed by atoms with van der Waals surface area (Å²) in [6.07, 6.45) is 4.35. The van der Waals surface area contributed by atoms with Crippen LogP contribution in [0.4, 0.5) is 5.69 Å². The van der Waals surface area contributed by atoms with Crippen LogP contribution in [-0.4, -0.2) is 49.4 Å². The van der Waals surface area contributed by atoms with Crippen LogP contribution in [0.1, 0.15) is 45.9 Å². The Bertz CT molecular complexity index is 915. The molecule has 2 aliphatic rings. The number of nitrogens with one attached hydrogen (secondary N) is 2. The third-order valence-corrected chi connectivity index (χ3v) is 7.61. The van der Waals surface area contributed by atoms with Crippen molar-refractivity contribution in [2.45, 2.75) is 39.5 Å². The van der Waals surface area contributed by atoms with Gasteiger partial charge in [-0.3, -0.25) is 9.59 Å². The third kappa shape index (κ3) is 4.76. The van der Waals surface area contributed by atoms with E-state index in [-0.39, 0.29) is 11.8 Å². The van der Waals surface area contributed by atoms with Crippen LogP contribution in [0.5, 0.6) is 0 Å². The van der Waals surface area contributed by atoms with Crippen LogP contribution in [0.2, 0.25) is 0 Å². The van der Waals surface area contributed by atoms with Crippen LogP contribution >= 0.6 is 11.3 Å². The van der Waals surface area contributed by atoms with Crippen molar-refractivity contribution in [3.05, 3.63) is 51.2 Å². The van der Waals surface area contributed by atoms with Crippen LogP contribution in [0.15, 0.2) is 30.3 Å². The minimum atomic E-state index is 0.0470. The van der Waals surface area contributed by atoms with Crippen LogP contribution in [0.3, 0.4) is 0 Å². The smallest absolute Gasteiger partial charge is 0.279 e. The van der Waals surface area contributed by atoms with Gasteiger partial charge < -0.3 is 15.1 Å². The van der Waals surface area contributed by atoms with Gasteiger partial charge in [-0.1, -0.05) is 32.0 Å². The van der Waals surface area contributed by atoms with E-state index >= 15 is 0 Å². The highest BCUT2D eigenvalue weighted by Crippen LogP contribution is 2.32. The van der Waals surface area contributed by atoms with Gasteiger partial charge in [0, 0.05) is 10.6 Å². The molecule has 30 heavy (non-hydrogen) atoms. The number of benzene rings is 1. The Kier molecular flexibility index (Phi) is 6.54. The minimum absolute atomic E-state index is 0.0470. The first-order chi connectivity index (χ1) is 14.5. The van der Waals surface area contributed by atoms with Crippen molar-refractivity contribution < 1.29 is 14.5 Å². The van der Waals surface area contributed by atoms with Gasteiger partial charge in [0.15, 0.2) is 6.54 Å². The largest absolute Gasteiger partial charge is 0.327 e. The number of fused-ring (bicyclic) bond motifs is 1. The van der Waals surface area contributed by atoms with Crippen molar-refractivity contribution in [1.82, 2.24) is 4.90 Å². The molecule has 1 saturated heterocycles. The van der Waals surface area contributed by atoms with Crippen molar-refractivity contribution >= 4 is 28.8 Å². The van der Waals surface area contributed by atoms with Crippen LogP contribution in [0.25, 0.3) is 0 Å². The monoisotopic (exact) mass is 426 g/mol. The highest BCUT2D eigenvalue weighted by atomic mass is 32.1. The Hall–Kier alpha value is -2.18. The summed E-state index contributed by atoms with van der Waals surface area (Å²) in [6, 6.07) is 10.1. The van der Waals surface area contributed by atoms with Crippen molar-refractivity contribution in [1.29, 1.82) is 0 Å². The van der Waals surface area contributed by atoms with E-state index in [4.69, 9.17) is 0 Å². The molecule has 4 rings (SSSR count). The number of piperazine rings is 1. The molecule has 2 amide bonds. The highest BCUT2D eigenvalue weighted by molar-refractivity contribution is 7.14. The second-order valence-electron chi connectivity index (χ2n) is 8.68. The fourth-order valence-corrected chi connectivity index (χ4v) is 5.72. The number of aryl methyl sites for hydroxylation is 2. The van der Waals surface area contributed by atoms with Gasteiger partial charge in [0.1, 0.15) is 0 Å². The molecule has 2 N–H and O–H groups in total. The molecule has 1 aromatic carbocycles. The maximum atomic E-state index is 13.0. The second-order valence-corrected chi connectivity index (χ2v) is 9.82. The number of quaternary nitrogens is 1. The van der Waals surface area contributed by atoms with Gasteiger partial charge in [-0.25, -0.2) is 0 Å². The average Bonchev–Trinajstić information content (AvgIpc) is 3.17. The minimum Gasteiger partial charge on any atom is -0.327 e. The molecule has 1 fully saturated rings. The number of carbonyl (C=O) groups excluding carboxylic acids is 2. The van der Waals surface area contributed by atoms with Crippen LogP contribution < -0.4 is 10.2 Å².